The Balaban J connectivity index is 1.58. The molecule has 5 rings (SSSR count). The molecular formula is C25H31NO7. The molecule has 0 saturated heterocycles. The number of hydrogen-bond donors (Lipinski definition) is 2. The minimum atomic E-state index is -1.50. The van der Waals surface area contributed by atoms with Crippen molar-refractivity contribution in [2.24, 2.45) is 39.7 Å². The van der Waals surface area contributed by atoms with E-state index in [1.807, 2.05) is 13.0 Å². The minimum absolute atomic E-state index is 0.0253. The molecule has 8 atom stereocenters. The quantitative estimate of drug-likeness (QED) is 0.617. The molecule has 8 nitrogen and oxygen atoms in total. The van der Waals surface area contributed by atoms with Crippen LogP contribution in [-0.2, 0) is 24.0 Å². The second kappa shape index (κ2) is 7.34. The summed E-state index contributed by atoms with van der Waals surface area (Å²) in [4.78, 5) is 43.8. The lowest BCUT2D eigenvalue weighted by Crippen LogP contribution is -2.63. The van der Waals surface area contributed by atoms with Gasteiger partial charge in [0.15, 0.2) is 11.5 Å². The molecule has 2 unspecified atom stereocenters. The van der Waals surface area contributed by atoms with E-state index in [0.717, 1.165) is 18.4 Å². The first-order valence-corrected chi connectivity index (χ1v) is 11.8. The van der Waals surface area contributed by atoms with Crippen LogP contribution in [0.2, 0.25) is 0 Å². The zero-order chi connectivity index (χ0) is 23.8. The lowest BCUT2D eigenvalue weighted by atomic mass is 9.46. The van der Waals surface area contributed by atoms with Crippen molar-refractivity contribution in [1.82, 2.24) is 0 Å². The average Bonchev–Trinajstić information content (AvgIpc) is 3.27. The summed E-state index contributed by atoms with van der Waals surface area (Å²) in [6.45, 7) is 5.16. The van der Waals surface area contributed by atoms with Crippen LogP contribution in [0.4, 0.5) is 0 Å². The molecular weight excluding hydrogens is 426 g/mol. The molecule has 8 heteroatoms. The molecule has 0 spiro atoms. The molecule has 33 heavy (non-hydrogen) atoms. The number of esters is 1. The van der Waals surface area contributed by atoms with Gasteiger partial charge < -0.3 is 19.8 Å². The van der Waals surface area contributed by atoms with E-state index in [1.165, 1.54) is 0 Å². The highest BCUT2D eigenvalue weighted by Gasteiger charge is 2.76. The topological polar surface area (TPSA) is 122 Å². The van der Waals surface area contributed by atoms with Gasteiger partial charge in [-0.3, -0.25) is 9.59 Å². The second-order valence-electron chi connectivity index (χ2n) is 10.6. The van der Waals surface area contributed by atoms with E-state index < -0.39 is 46.8 Å². The minimum Gasteiger partial charge on any atom is -0.461 e. The molecule has 5 aliphatic rings. The van der Waals surface area contributed by atoms with E-state index in [1.54, 1.807) is 19.1 Å². The third-order valence-corrected chi connectivity index (χ3v) is 9.38. The molecule has 178 valence electrons. The molecule has 0 radical (unpaired) electrons. The zero-order valence-corrected chi connectivity index (χ0v) is 19.2. The van der Waals surface area contributed by atoms with Crippen molar-refractivity contribution in [3.05, 3.63) is 23.8 Å². The summed E-state index contributed by atoms with van der Waals surface area (Å²) in [6.07, 6.45) is 6.74. The molecule has 1 heterocycles. The van der Waals surface area contributed by atoms with Gasteiger partial charge in [0.05, 0.1) is 18.6 Å². The number of fused-ring (bicyclic) bond motifs is 7. The van der Waals surface area contributed by atoms with Gasteiger partial charge in [0, 0.05) is 16.7 Å². The summed E-state index contributed by atoms with van der Waals surface area (Å²) in [6, 6.07) is 0. The lowest BCUT2D eigenvalue weighted by Gasteiger charge is -2.59. The van der Waals surface area contributed by atoms with Gasteiger partial charge in [-0.2, -0.15) is 0 Å². The van der Waals surface area contributed by atoms with Crippen molar-refractivity contribution < 1.29 is 34.2 Å². The number of ether oxygens (including phenoxy) is 1. The fraction of sp³-hybridized carbons (Fsp3) is 0.680. The van der Waals surface area contributed by atoms with E-state index >= 15 is 0 Å². The van der Waals surface area contributed by atoms with Crippen LogP contribution in [0, 0.1) is 34.5 Å². The molecule has 4 aliphatic carbocycles. The van der Waals surface area contributed by atoms with Crippen molar-refractivity contribution in [2.45, 2.75) is 58.2 Å². The Morgan fingerprint density at radius 3 is 2.79 bits per heavy atom. The van der Waals surface area contributed by atoms with Gasteiger partial charge in [-0.1, -0.05) is 30.7 Å². The van der Waals surface area contributed by atoms with Gasteiger partial charge in [0.1, 0.15) is 6.61 Å². The maximum absolute atomic E-state index is 13.3. The Labute approximate surface area is 192 Å². The van der Waals surface area contributed by atoms with Crippen molar-refractivity contribution >= 4 is 23.2 Å². The van der Waals surface area contributed by atoms with Gasteiger partial charge in [-0.15, -0.1) is 0 Å². The fourth-order valence-corrected chi connectivity index (χ4v) is 8.07. The number of allylic oxidation sites excluding steroid dienone is 4. The van der Waals surface area contributed by atoms with E-state index in [0.29, 0.717) is 6.42 Å². The molecule has 0 aromatic rings. The second-order valence-corrected chi connectivity index (χ2v) is 10.6. The predicted octanol–water partition coefficient (Wildman–Crippen LogP) is 1.74. The Bertz CT molecular complexity index is 1010. The number of Topliss-reactive ketones (excluding diaryl/α,β-unsaturated/α-hetero) is 1. The highest BCUT2D eigenvalue weighted by Crippen LogP contribution is 2.70. The third kappa shape index (κ3) is 2.71. The van der Waals surface area contributed by atoms with Gasteiger partial charge in [-0.05, 0) is 56.6 Å². The fourth-order valence-electron chi connectivity index (χ4n) is 8.07. The average molecular weight is 458 g/mol. The first-order chi connectivity index (χ1) is 15.6. The predicted molar refractivity (Wildman–Crippen MR) is 117 cm³/mol. The zero-order valence-electron chi connectivity index (χ0n) is 19.2. The van der Waals surface area contributed by atoms with Crippen molar-refractivity contribution in [3.8, 4) is 0 Å². The van der Waals surface area contributed by atoms with Crippen LogP contribution in [0.5, 0.6) is 0 Å². The number of nitrogens with zero attached hydrogens (tertiary/aromatic N) is 1. The number of carbonyl (C=O) groups is 3. The van der Waals surface area contributed by atoms with Crippen LogP contribution in [0.25, 0.3) is 0 Å². The van der Waals surface area contributed by atoms with Crippen molar-refractivity contribution in [2.75, 3.05) is 13.2 Å². The number of hydrogen-bond acceptors (Lipinski definition) is 8. The van der Waals surface area contributed by atoms with Crippen molar-refractivity contribution in [3.63, 3.8) is 0 Å². The molecule has 2 N–H and O–H groups in total. The number of aliphatic hydroxyl groups excluding tert-OH is 2. The summed E-state index contributed by atoms with van der Waals surface area (Å²) in [5.74, 6) is -1.88. The van der Waals surface area contributed by atoms with Gasteiger partial charge in [-0.25, -0.2) is 4.79 Å². The van der Waals surface area contributed by atoms with E-state index in [-0.39, 0.29) is 42.3 Å². The number of rotatable bonds is 4. The van der Waals surface area contributed by atoms with Crippen LogP contribution in [0.15, 0.2) is 29.0 Å². The normalized spacial score (nSPS) is 45.1. The molecule has 1 aliphatic heterocycles. The Hall–Kier alpha value is -2.32. The third-order valence-electron chi connectivity index (χ3n) is 9.38. The first-order valence-electron chi connectivity index (χ1n) is 11.8. The van der Waals surface area contributed by atoms with Crippen LogP contribution >= 0.6 is 0 Å². The SMILES string of the molecule is CCOC(=O)C1=NO[C@]2(C(=O)CO)[C@H]1CC1C3CCC4=CC(=O)C=C[C@]4(C)[C@H]3[C@@H](O)C[C@@]12C. The monoisotopic (exact) mass is 457 g/mol. The summed E-state index contributed by atoms with van der Waals surface area (Å²) in [5.41, 5.74) is -1.63. The molecule has 0 aromatic heterocycles. The summed E-state index contributed by atoms with van der Waals surface area (Å²) in [5, 5.41) is 25.4. The maximum Gasteiger partial charge on any atom is 0.356 e. The van der Waals surface area contributed by atoms with Gasteiger partial charge in [0.25, 0.3) is 0 Å². The number of carbonyl (C=O) groups excluding carboxylic acids is 3. The molecule has 3 saturated carbocycles. The van der Waals surface area contributed by atoms with E-state index in [2.05, 4.69) is 12.1 Å². The van der Waals surface area contributed by atoms with E-state index in [9.17, 15) is 24.6 Å². The molecule has 0 aromatic carbocycles. The molecule has 0 amide bonds. The molecule has 0 bridgehead atoms. The molecule has 3 fully saturated rings. The first kappa shape index (κ1) is 22.5. The standard InChI is InChI=1S/C25H31NO7/c1-4-32-22(31)21-17-10-16-15-6-5-13-9-14(28)7-8-23(13,2)20(15)18(29)11-24(16,3)25(17,33-26-21)19(30)12-27/h7-9,15-18,20,27,29H,4-6,10-12H2,1-3H3/t15?,16?,17-,18-,20+,23-,24-,25-/m0/s1. The maximum atomic E-state index is 13.3. The Morgan fingerprint density at radius 1 is 1.33 bits per heavy atom. The summed E-state index contributed by atoms with van der Waals surface area (Å²) >= 11 is 0. The summed E-state index contributed by atoms with van der Waals surface area (Å²) in [7, 11) is 0. The summed E-state index contributed by atoms with van der Waals surface area (Å²) < 4.78 is 5.18. The highest BCUT2D eigenvalue weighted by atomic mass is 16.7. The lowest BCUT2D eigenvalue weighted by molar-refractivity contribution is -0.192. The highest BCUT2D eigenvalue weighted by molar-refractivity contribution is 6.38. The van der Waals surface area contributed by atoms with Gasteiger partial charge >= 0.3 is 5.97 Å². The van der Waals surface area contributed by atoms with Crippen molar-refractivity contribution in [1.29, 1.82) is 0 Å². The number of oxime groups is 1. The van der Waals surface area contributed by atoms with Gasteiger partial charge in [0.2, 0.25) is 11.4 Å². The number of ketones is 2. The van der Waals surface area contributed by atoms with Crippen LogP contribution in [0.1, 0.15) is 46.5 Å². The Morgan fingerprint density at radius 2 is 2.09 bits per heavy atom. The van der Waals surface area contributed by atoms with Crippen LogP contribution < -0.4 is 0 Å². The largest absolute Gasteiger partial charge is 0.461 e. The van der Waals surface area contributed by atoms with E-state index in [4.69, 9.17) is 9.57 Å². The van der Waals surface area contributed by atoms with Crippen LogP contribution in [-0.4, -0.2) is 58.4 Å². The Kier molecular flexibility index (Phi) is 5.00. The number of aliphatic hydroxyl groups is 2. The van der Waals surface area contributed by atoms with Crippen LogP contribution in [0.3, 0.4) is 0 Å². The smallest absolute Gasteiger partial charge is 0.356 e.